The molecule has 2 aromatic heterocycles. The molecule has 2 amide bonds. The Morgan fingerprint density at radius 3 is 3.04 bits per heavy atom. The van der Waals surface area contributed by atoms with E-state index in [1.165, 1.54) is 13.3 Å². The fourth-order valence-corrected chi connectivity index (χ4v) is 3.84. The maximum Gasteiger partial charge on any atom is 0.225 e. The number of amides is 2. The average molecular weight is 347 g/mol. The molecule has 7 nitrogen and oxygen atoms in total. The van der Waals surface area contributed by atoms with Crippen LogP contribution in [0.2, 0.25) is 0 Å². The molecule has 0 saturated carbocycles. The first-order chi connectivity index (χ1) is 11.6. The second-order valence-corrected chi connectivity index (χ2v) is 6.96. The number of likely N-dealkylation sites (tertiary alicyclic amines) is 1. The summed E-state index contributed by atoms with van der Waals surface area (Å²) in [5, 5.41) is 9.03. The van der Waals surface area contributed by atoms with E-state index < -0.39 is 0 Å². The molecular weight excluding hydrogens is 326 g/mol. The van der Waals surface area contributed by atoms with Gasteiger partial charge in [0, 0.05) is 24.9 Å². The molecule has 3 heterocycles. The summed E-state index contributed by atoms with van der Waals surface area (Å²) in [6, 6.07) is 3.79. The van der Waals surface area contributed by atoms with Crippen LogP contribution >= 0.6 is 11.3 Å². The zero-order valence-corrected chi connectivity index (χ0v) is 14.4. The summed E-state index contributed by atoms with van der Waals surface area (Å²) >= 11 is 1.55. The molecular formula is C16H21N5O2S. The molecule has 128 valence electrons. The van der Waals surface area contributed by atoms with Crippen molar-refractivity contribution in [2.75, 3.05) is 13.1 Å². The molecule has 2 atom stereocenters. The van der Waals surface area contributed by atoms with Crippen molar-refractivity contribution >= 4 is 23.2 Å². The number of carbonyl (C=O) groups excluding carboxylic acids is 2. The van der Waals surface area contributed by atoms with Gasteiger partial charge in [0.2, 0.25) is 11.8 Å². The number of hydrogen-bond acceptors (Lipinski definition) is 5. The van der Waals surface area contributed by atoms with Crippen LogP contribution < -0.4 is 5.32 Å². The third kappa shape index (κ3) is 4.00. The number of thiophene rings is 1. The van der Waals surface area contributed by atoms with Crippen LogP contribution in [0.15, 0.2) is 30.2 Å². The van der Waals surface area contributed by atoms with Crippen molar-refractivity contribution in [1.29, 1.82) is 0 Å². The zero-order chi connectivity index (χ0) is 16.9. The first kappa shape index (κ1) is 16.6. The number of hydrogen-bond donors (Lipinski definition) is 1. The second kappa shape index (κ2) is 7.57. The van der Waals surface area contributed by atoms with E-state index in [1.54, 1.807) is 17.7 Å². The summed E-state index contributed by atoms with van der Waals surface area (Å²) in [6.07, 6.45) is 5.44. The zero-order valence-electron chi connectivity index (χ0n) is 13.6. The predicted octanol–water partition coefficient (Wildman–Crippen LogP) is 1.77. The van der Waals surface area contributed by atoms with Crippen LogP contribution in [0.4, 0.5) is 0 Å². The Hall–Kier alpha value is -2.22. The third-order valence-electron chi connectivity index (χ3n) is 4.20. The lowest BCUT2D eigenvalue weighted by atomic mass is 10.0. The Morgan fingerprint density at radius 1 is 1.50 bits per heavy atom. The lowest BCUT2D eigenvalue weighted by Crippen LogP contribution is -2.42. The van der Waals surface area contributed by atoms with E-state index in [1.807, 2.05) is 27.1 Å². The van der Waals surface area contributed by atoms with Crippen LogP contribution in [0.1, 0.15) is 43.1 Å². The molecule has 24 heavy (non-hydrogen) atoms. The van der Waals surface area contributed by atoms with Gasteiger partial charge in [0.1, 0.15) is 12.7 Å². The number of carbonyl (C=O) groups is 2. The van der Waals surface area contributed by atoms with Gasteiger partial charge in [-0.15, -0.1) is 11.3 Å². The van der Waals surface area contributed by atoms with Crippen molar-refractivity contribution in [2.45, 2.75) is 38.3 Å². The molecule has 2 aromatic rings. The Bertz CT molecular complexity index is 671. The van der Waals surface area contributed by atoms with E-state index in [4.69, 9.17) is 0 Å². The summed E-state index contributed by atoms with van der Waals surface area (Å²) in [6.45, 7) is 2.87. The largest absolute Gasteiger partial charge is 0.348 e. The maximum absolute atomic E-state index is 12.7. The molecule has 0 unspecified atom stereocenters. The Kier molecular flexibility index (Phi) is 5.24. The minimum absolute atomic E-state index is 0.0620. The summed E-state index contributed by atoms with van der Waals surface area (Å²) in [5.41, 5.74) is 0. The number of piperidine rings is 1. The van der Waals surface area contributed by atoms with E-state index in [2.05, 4.69) is 15.4 Å². The summed E-state index contributed by atoms with van der Waals surface area (Å²) < 4.78 is 1.82. The van der Waals surface area contributed by atoms with Crippen molar-refractivity contribution in [1.82, 2.24) is 25.0 Å². The quantitative estimate of drug-likeness (QED) is 0.894. The fraction of sp³-hybridized carbons (Fsp3) is 0.500. The van der Waals surface area contributed by atoms with Gasteiger partial charge < -0.3 is 10.2 Å². The Labute approximate surface area is 144 Å². The van der Waals surface area contributed by atoms with Crippen molar-refractivity contribution in [3.8, 4) is 0 Å². The van der Waals surface area contributed by atoms with Crippen LogP contribution in [0.25, 0.3) is 0 Å². The molecule has 1 saturated heterocycles. The summed E-state index contributed by atoms with van der Waals surface area (Å²) in [5.74, 6) is -0.0627. The maximum atomic E-state index is 12.7. The fourth-order valence-electron chi connectivity index (χ4n) is 3.06. The minimum Gasteiger partial charge on any atom is -0.348 e. The SMILES string of the molecule is CC(=O)N[C@H](CC(=O)N1CCC[C@@H](n2cncn2)C1)c1cccs1. The smallest absolute Gasteiger partial charge is 0.225 e. The van der Waals surface area contributed by atoms with Crippen LogP contribution in [0.3, 0.4) is 0 Å². The van der Waals surface area contributed by atoms with E-state index in [-0.39, 0.29) is 30.3 Å². The number of nitrogens with one attached hydrogen (secondary N) is 1. The normalized spacial score (nSPS) is 19.0. The minimum atomic E-state index is -0.262. The first-order valence-electron chi connectivity index (χ1n) is 8.06. The summed E-state index contributed by atoms with van der Waals surface area (Å²) in [7, 11) is 0. The van der Waals surface area contributed by atoms with E-state index in [0.29, 0.717) is 6.54 Å². The van der Waals surface area contributed by atoms with Gasteiger partial charge in [-0.05, 0) is 24.3 Å². The number of rotatable bonds is 5. The van der Waals surface area contributed by atoms with Crippen LogP contribution in [0.5, 0.6) is 0 Å². The van der Waals surface area contributed by atoms with Gasteiger partial charge in [-0.2, -0.15) is 5.10 Å². The highest BCUT2D eigenvalue weighted by molar-refractivity contribution is 7.10. The first-order valence-corrected chi connectivity index (χ1v) is 8.94. The highest BCUT2D eigenvalue weighted by Crippen LogP contribution is 2.25. The molecule has 0 aromatic carbocycles. The Balaban J connectivity index is 1.65. The van der Waals surface area contributed by atoms with Crippen LogP contribution in [-0.2, 0) is 9.59 Å². The van der Waals surface area contributed by atoms with Gasteiger partial charge in [-0.25, -0.2) is 9.67 Å². The van der Waals surface area contributed by atoms with Gasteiger partial charge in [-0.1, -0.05) is 6.07 Å². The predicted molar refractivity (Wildman–Crippen MR) is 90.4 cm³/mol. The average Bonchev–Trinajstić information content (AvgIpc) is 3.27. The highest BCUT2D eigenvalue weighted by atomic mass is 32.1. The topological polar surface area (TPSA) is 80.1 Å². The van der Waals surface area contributed by atoms with Crippen molar-refractivity contribution in [3.63, 3.8) is 0 Å². The monoisotopic (exact) mass is 347 g/mol. The highest BCUT2D eigenvalue weighted by Gasteiger charge is 2.27. The van der Waals surface area contributed by atoms with Gasteiger partial charge in [0.15, 0.2) is 0 Å². The van der Waals surface area contributed by atoms with Gasteiger partial charge in [-0.3, -0.25) is 9.59 Å². The molecule has 1 aliphatic rings. The van der Waals surface area contributed by atoms with Crippen LogP contribution in [0, 0.1) is 0 Å². The van der Waals surface area contributed by atoms with Gasteiger partial charge >= 0.3 is 0 Å². The van der Waals surface area contributed by atoms with Crippen molar-refractivity contribution in [3.05, 3.63) is 35.0 Å². The Morgan fingerprint density at radius 2 is 2.38 bits per heavy atom. The van der Waals surface area contributed by atoms with Gasteiger partial charge in [0.05, 0.1) is 18.5 Å². The van der Waals surface area contributed by atoms with E-state index in [0.717, 1.165) is 24.3 Å². The number of aromatic nitrogens is 3. The van der Waals surface area contributed by atoms with Crippen molar-refractivity contribution < 1.29 is 9.59 Å². The van der Waals surface area contributed by atoms with E-state index in [9.17, 15) is 9.59 Å². The molecule has 1 fully saturated rings. The van der Waals surface area contributed by atoms with E-state index >= 15 is 0 Å². The standard InChI is InChI=1S/C16H21N5O2S/c1-12(22)19-14(15-5-3-7-24-15)8-16(23)20-6-2-4-13(9-20)21-11-17-10-18-21/h3,5,7,10-11,13-14H,2,4,6,8-9H2,1H3,(H,19,22)/t13-,14-/m1/s1. The lowest BCUT2D eigenvalue weighted by Gasteiger charge is -2.33. The number of nitrogens with zero attached hydrogens (tertiary/aromatic N) is 4. The molecule has 1 N–H and O–H groups in total. The molecule has 0 aliphatic carbocycles. The third-order valence-corrected chi connectivity index (χ3v) is 5.19. The lowest BCUT2D eigenvalue weighted by molar-refractivity contribution is -0.133. The molecule has 0 bridgehead atoms. The van der Waals surface area contributed by atoms with Gasteiger partial charge in [0.25, 0.3) is 0 Å². The summed E-state index contributed by atoms with van der Waals surface area (Å²) in [4.78, 5) is 31.1. The molecule has 8 heteroatoms. The second-order valence-electron chi connectivity index (χ2n) is 5.98. The van der Waals surface area contributed by atoms with Crippen molar-refractivity contribution in [2.24, 2.45) is 0 Å². The van der Waals surface area contributed by atoms with Crippen LogP contribution in [-0.4, -0.2) is 44.6 Å². The molecule has 3 rings (SSSR count). The molecule has 0 radical (unpaired) electrons. The molecule has 1 aliphatic heterocycles. The molecule has 0 spiro atoms.